The maximum atomic E-state index is 14.4. The van der Waals surface area contributed by atoms with E-state index in [1.54, 1.807) is 17.9 Å². The Labute approximate surface area is 243 Å². The Morgan fingerprint density at radius 2 is 1.93 bits per heavy atom. The van der Waals surface area contributed by atoms with E-state index in [2.05, 4.69) is 20.8 Å². The van der Waals surface area contributed by atoms with E-state index in [1.807, 2.05) is 24.3 Å². The Morgan fingerprint density at radius 1 is 1.15 bits per heavy atom. The van der Waals surface area contributed by atoms with Crippen LogP contribution in [0.3, 0.4) is 0 Å². The van der Waals surface area contributed by atoms with Crippen molar-refractivity contribution in [1.82, 2.24) is 4.90 Å². The number of amides is 1. The van der Waals surface area contributed by atoms with Crippen molar-refractivity contribution >= 4 is 43.4 Å². The Morgan fingerprint density at radius 3 is 2.65 bits per heavy atom. The van der Waals surface area contributed by atoms with Crippen LogP contribution in [0.25, 0.3) is 4.48 Å². The lowest BCUT2D eigenvalue weighted by Crippen LogP contribution is -2.37. The van der Waals surface area contributed by atoms with E-state index in [-0.39, 0.29) is 42.7 Å². The molecule has 9 heteroatoms. The number of fused-ring (bicyclic) bond motifs is 1. The van der Waals surface area contributed by atoms with Crippen LogP contribution in [0.1, 0.15) is 48.8 Å². The molecule has 2 aliphatic heterocycles. The lowest BCUT2D eigenvalue weighted by Gasteiger charge is -2.26. The van der Waals surface area contributed by atoms with E-state index in [1.165, 1.54) is 6.07 Å². The molecule has 212 valence electrons. The highest BCUT2D eigenvalue weighted by Crippen LogP contribution is 2.42. The second kappa shape index (κ2) is 12.7. The number of benzene rings is 2. The molecule has 1 amide bonds. The Balaban J connectivity index is 1.40. The van der Waals surface area contributed by atoms with Gasteiger partial charge in [-0.2, -0.15) is 0 Å². The molecule has 1 saturated carbocycles. The second-order valence-corrected chi connectivity index (χ2v) is 11.6. The Hall–Kier alpha value is -2.88. The molecule has 2 aromatic rings. The fourth-order valence-electron chi connectivity index (χ4n) is 5.14. The first-order valence-corrected chi connectivity index (χ1v) is 14.8. The second-order valence-electron chi connectivity index (χ2n) is 10.8. The lowest BCUT2D eigenvalue weighted by atomic mass is 9.98. The van der Waals surface area contributed by atoms with Crippen LogP contribution in [-0.4, -0.2) is 61.7 Å². The summed E-state index contributed by atoms with van der Waals surface area (Å²) >= 11 is 3.71. The number of nitrogens with zero attached hydrogens (tertiary/aromatic N) is 2. The zero-order chi connectivity index (χ0) is 28.2. The molecule has 1 aliphatic carbocycles. The quantitative estimate of drug-likeness (QED) is 0.237. The maximum absolute atomic E-state index is 14.4. The molecule has 3 aliphatic rings. The average Bonchev–Trinajstić information content (AvgIpc) is 3.81. The molecule has 0 unspecified atom stereocenters. The molecule has 2 N–H and O–H groups in total. The molecule has 2 heterocycles. The van der Waals surface area contributed by atoms with Crippen molar-refractivity contribution < 1.29 is 18.7 Å². The van der Waals surface area contributed by atoms with Gasteiger partial charge in [-0.15, -0.1) is 0 Å². The third-order valence-electron chi connectivity index (χ3n) is 7.76. The van der Waals surface area contributed by atoms with Gasteiger partial charge in [-0.1, -0.05) is 12.1 Å². The van der Waals surface area contributed by atoms with Crippen LogP contribution >= 0.6 is 15.9 Å². The SMILES string of the molecule is Cc1ccc(CN2C(=O)CC(C(=N)CC(=N)C3CC3)=C(Br)c3ccc(OCCCN4CCOCC4)cc32)cc1F. The topological polar surface area (TPSA) is 89.7 Å². The van der Waals surface area contributed by atoms with Crippen molar-refractivity contribution in [3.05, 3.63) is 64.5 Å². The van der Waals surface area contributed by atoms with Crippen molar-refractivity contribution in [2.24, 2.45) is 5.92 Å². The van der Waals surface area contributed by atoms with Gasteiger partial charge in [-0.3, -0.25) is 9.69 Å². The largest absolute Gasteiger partial charge is 0.493 e. The fraction of sp³-hybridized carbons (Fsp3) is 0.452. The summed E-state index contributed by atoms with van der Waals surface area (Å²) in [6.45, 7) is 6.81. The number of ether oxygens (including phenoxy) is 2. The van der Waals surface area contributed by atoms with Gasteiger partial charge in [0.15, 0.2) is 0 Å². The summed E-state index contributed by atoms with van der Waals surface area (Å²) in [6.07, 6.45) is 3.15. The van der Waals surface area contributed by atoms with Crippen LogP contribution in [-0.2, 0) is 16.1 Å². The van der Waals surface area contributed by atoms with Gasteiger partial charge in [0.25, 0.3) is 0 Å². The molecule has 7 nitrogen and oxygen atoms in total. The zero-order valence-electron chi connectivity index (χ0n) is 22.9. The standard InChI is InChI=1S/C31H36BrFN4O3/c1-20-3-4-21(15-26(20)33)19-37-29-16-23(40-12-2-9-36-10-13-39-14-11-36)7-8-24(29)31(32)25(17-30(37)38)28(35)18-27(34)22-5-6-22/h3-4,7-8,15-16,22,34-35H,2,5-6,9-14,17-19H2,1H3. The summed E-state index contributed by atoms with van der Waals surface area (Å²) in [6, 6.07) is 10.7. The minimum absolute atomic E-state index is 0.0239. The predicted molar refractivity (Wildman–Crippen MR) is 159 cm³/mol. The van der Waals surface area contributed by atoms with Crippen LogP contribution < -0.4 is 9.64 Å². The van der Waals surface area contributed by atoms with E-state index in [0.717, 1.165) is 57.7 Å². The summed E-state index contributed by atoms with van der Waals surface area (Å²) in [5.41, 5.74) is 4.10. The smallest absolute Gasteiger partial charge is 0.231 e. The van der Waals surface area contributed by atoms with Crippen LogP contribution in [0.4, 0.5) is 10.1 Å². The van der Waals surface area contributed by atoms with E-state index in [4.69, 9.17) is 20.3 Å². The van der Waals surface area contributed by atoms with Gasteiger partial charge in [0, 0.05) is 53.6 Å². The molecule has 2 aromatic carbocycles. The summed E-state index contributed by atoms with van der Waals surface area (Å²) in [5.74, 6) is 0.434. The zero-order valence-corrected chi connectivity index (χ0v) is 24.5. The van der Waals surface area contributed by atoms with Gasteiger partial charge in [0.05, 0.1) is 38.5 Å². The molecule has 2 fully saturated rings. The van der Waals surface area contributed by atoms with Crippen molar-refractivity contribution in [2.45, 2.75) is 45.6 Å². The fourth-order valence-corrected chi connectivity index (χ4v) is 5.85. The molecule has 0 atom stereocenters. The van der Waals surface area contributed by atoms with Crippen molar-refractivity contribution in [3.8, 4) is 5.75 Å². The third kappa shape index (κ3) is 6.87. The van der Waals surface area contributed by atoms with Crippen LogP contribution in [0, 0.1) is 29.5 Å². The number of nitrogens with one attached hydrogen (secondary N) is 2. The first-order chi connectivity index (χ1) is 19.3. The van der Waals surface area contributed by atoms with Crippen molar-refractivity contribution in [2.75, 3.05) is 44.4 Å². The normalized spacial score (nSPS) is 18.0. The van der Waals surface area contributed by atoms with Gasteiger partial charge in [0.1, 0.15) is 11.6 Å². The highest BCUT2D eigenvalue weighted by Gasteiger charge is 2.32. The molecule has 0 bridgehead atoms. The number of rotatable bonds is 11. The summed E-state index contributed by atoms with van der Waals surface area (Å²) in [4.78, 5) is 17.8. The van der Waals surface area contributed by atoms with Crippen molar-refractivity contribution in [1.29, 1.82) is 10.8 Å². The molecule has 5 rings (SSSR count). The molecule has 40 heavy (non-hydrogen) atoms. The summed E-state index contributed by atoms with van der Waals surface area (Å²) < 4.78 is 26.6. The van der Waals surface area contributed by atoms with Gasteiger partial charge in [0.2, 0.25) is 5.91 Å². The Kier molecular flexibility index (Phi) is 9.13. The average molecular weight is 612 g/mol. The minimum Gasteiger partial charge on any atom is -0.493 e. The van der Waals surface area contributed by atoms with Gasteiger partial charge in [-0.05, 0) is 82.9 Å². The van der Waals surface area contributed by atoms with Gasteiger partial charge < -0.3 is 25.2 Å². The number of anilines is 1. The molecule has 1 saturated heterocycles. The number of aryl methyl sites for hydroxylation is 1. The molecule has 0 radical (unpaired) electrons. The molecule has 0 aromatic heterocycles. The highest BCUT2D eigenvalue weighted by atomic mass is 79.9. The van der Waals surface area contributed by atoms with Gasteiger partial charge >= 0.3 is 0 Å². The third-order valence-corrected chi connectivity index (χ3v) is 8.67. The van der Waals surface area contributed by atoms with Crippen LogP contribution in [0.15, 0.2) is 42.0 Å². The molecular weight excluding hydrogens is 575 g/mol. The number of hydrogen-bond donors (Lipinski definition) is 2. The van der Waals surface area contributed by atoms with Crippen LogP contribution in [0.2, 0.25) is 0 Å². The first-order valence-electron chi connectivity index (χ1n) is 14.0. The Bertz CT molecular complexity index is 1330. The summed E-state index contributed by atoms with van der Waals surface area (Å²) in [5, 5.41) is 17.1. The molecular formula is C31H36BrFN4O3. The van der Waals surface area contributed by atoms with E-state index in [0.29, 0.717) is 44.9 Å². The maximum Gasteiger partial charge on any atom is 0.231 e. The number of morpholine rings is 1. The van der Waals surface area contributed by atoms with E-state index >= 15 is 0 Å². The first kappa shape index (κ1) is 28.6. The molecule has 0 spiro atoms. The van der Waals surface area contributed by atoms with Crippen molar-refractivity contribution in [3.63, 3.8) is 0 Å². The van der Waals surface area contributed by atoms with Crippen LogP contribution in [0.5, 0.6) is 5.75 Å². The predicted octanol–water partition coefficient (Wildman–Crippen LogP) is 6.12. The number of hydrogen-bond acceptors (Lipinski definition) is 6. The van der Waals surface area contributed by atoms with E-state index in [9.17, 15) is 9.18 Å². The minimum atomic E-state index is -0.308. The monoisotopic (exact) mass is 610 g/mol. The highest BCUT2D eigenvalue weighted by molar-refractivity contribution is 9.15. The number of halogens is 2. The van der Waals surface area contributed by atoms with E-state index < -0.39 is 0 Å². The number of carbonyl (C=O) groups excluding carboxylic acids is 1. The number of carbonyl (C=O) groups is 1. The lowest BCUT2D eigenvalue weighted by molar-refractivity contribution is -0.118. The summed E-state index contributed by atoms with van der Waals surface area (Å²) in [7, 11) is 0. The van der Waals surface area contributed by atoms with Gasteiger partial charge in [-0.25, -0.2) is 4.39 Å².